The van der Waals surface area contributed by atoms with Crippen LogP contribution in [-0.2, 0) is 4.79 Å². The average Bonchev–Trinajstić information content (AvgIpc) is 2.75. The molecule has 0 unspecified atom stereocenters. The Kier molecular flexibility index (Phi) is 4.13. The number of rotatable bonds is 3. The highest BCUT2D eigenvalue weighted by atomic mass is 16.2. The summed E-state index contributed by atoms with van der Waals surface area (Å²) in [4.78, 5) is 14.2. The zero-order chi connectivity index (χ0) is 13.9. The highest BCUT2D eigenvalue weighted by Crippen LogP contribution is 2.31. The number of nitrogens with one attached hydrogen (secondary N) is 1. The molecule has 0 aromatic heterocycles. The Hall–Kier alpha value is -1.25. The van der Waals surface area contributed by atoms with Crippen molar-refractivity contribution in [2.24, 2.45) is 0 Å². The van der Waals surface area contributed by atoms with Gasteiger partial charge in [-0.3, -0.25) is 4.79 Å². The molecule has 2 saturated carbocycles. The zero-order valence-electron chi connectivity index (χ0n) is 12.4. The van der Waals surface area contributed by atoms with Gasteiger partial charge in [-0.15, -0.1) is 0 Å². The van der Waals surface area contributed by atoms with Gasteiger partial charge < -0.3 is 10.2 Å². The summed E-state index contributed by atoms with van der Waals surface area (Å²) in [6.07, 6.45) is 14.2. The SMILES string of the molecule is C=C1C(NC2CCCCC2)=CC(=O)N1C1CCCCC1. The van der Waals surface area contributed by atoms with Gasteiger partial charge in [-0.2, -0.15) is 0 Å². The van der Waals surface area contributed by atoms with Crippen molar-refractivity contribution in [3.8, 4) is 0 Å². The minimum Gasteiger partial charge on any atom is -0.380 e. The third kappa shape index (κ3) is 2.77. The Morgan fingerprint density at radius 2 is 1.60 bits per heavy atom. The van der Waals surface area contributed by atoms with E-state index < -0.39 is 0 Å². The van der Waals surface area contributed by atoms with E-state index in [2.05, 4.69) is 11.9 Å². The normalized spacial score (nSPS) is 26.0. The van der Waals surface area contributed by atoms with Gasteiger partial charge in [0.05, 0.1) is 11.4 Å². The maximum atomic E-state index is 12.3. The van der Waals surface area contributed by atoms with Gasteiger partial charge in [0.2, 0.25) is 0 Å². The van der Waals surface area contributed by atoms with Gasteiger partial charge in [0, 0.05) is 18.2 Å². The number of hydrogen-bond donors (Lipinski definition) is 1. The summed E-state index contributed by atoms with van der Waals surface area (Å²) in [6, 6.07) is 0.913. The van der Waals surface area contributed by atoms with E-state index in [1.54, 1.807) is 6.08 Å². The third-order valence-corrected chi connectivity index (χ3v) is 5.01. The predicted molar refractivity (Wildman–Crippen MR) is 81.0 cm³/mol. The lowest BCUT2D eigenvalue weighted by atomic mass is 9.94. The second kappa shape index (κ2) is 6.02. The monoisotopic (exact) mass is 274 g/mol. The molecule has 0 spiro atoms. The van der Waals surface area contributed by atoms with Crippen LogP contribution in [0.2, 0.25) is 0 Å². The van der Waals surface area contributed by atoms with Crippen LogP contribution in [0.4, 0.5) is 0 Å². The molecule has 3 rings (SSSR count). The first-order valence-electron chi connectivity index (χ1n) is 8.26. The van der Waals surface area contributed by atoms with E-state index in [1.807, 2.05) is 4.90 Å². The smallest absolute Gasteiger partial charge is 0.253 e. The number of carbonyl (C=O) groups excluding carboxylic acids is 1. The number of amides is 1. The molecule has 3 aliphatic rings. The fraction of sp³-hybridized carbons (Fsp3) is 0.706. The molecule has 2 aliphatic carbocycles. The van der Waals surface area contributed by atoms with Gasteiger partial charge in [-0.25, -0.2) is 0 Å². The van der Waals surface area contributed by atoms with Crippen molar-refractivity contribution in [2.75, 3.05) is 0 Å². The van der Waals surface area contributed by atoms with Gasteiger partial charge >= 0.3 is 0 Å². The topological polar surface area (TPSA) is 32.3 Å². The second-order valence-electron chi connectivity index (χ2n) is 6.48. The summed E-state index contributed by atoms with van der Waals surface area (Å²) in [5, 5.41) is 3.57. The molecule has 0 aromatic rings. The number of nitrogens with zero attached hydrogens (tertiary/aromatic N) is 1. The van der Waals surface area contributed by atoms with Crippen LogP contribution in [0.1, 0.15) is 64.2 Å². The van der Waals surface area contributed by atoms with E-state index >= 15 is 0 Å². The predicted octanol–water partition coefficient (Wildman–Crippen LogP) is 3.48. The van der Waals surface area contributed by atoms with E-state index in [-0.39, 0.29) is 5.91 Å². The molecular formula is C17H26N2O. The Morgan fingerprint density at radius 3 is 2.25 bits per heavy atom. The zero-order valence-corrected chi connectivity index (χ0v) is 12.4. The number of carbonyl (C=O) groups is 1. The van der Waals surface area contributed by atoms with Crippen LogP contribution in [0.5, 0.6) is 0 Å². The minimum atomic E-state index is 0.139. The van der Waals surface area contributed by atoms with Crippen LogP contribution < -0.4 is 5.32 Å². The van der Waals surface area contributed by atoms with Gasteiger partial charge in [-0.05, 0) is 25.7 Å². The van der Waals surface area contributed by atoms with Crippen molar-refractivity contribution in [2.45, 2.75) is 76.3 Å². The van der Waals surface area contributed by atoms with E-state index in [4.69, 9.17) is 0 Å². The van der Waals surface area contributed by atoms with Crippen molar-refractivity contribution in [3.63, 3.8) is 0 Å². The standard InChI is InChI=1S/C17H26N2O/c1-13-16(18-14-8-4-2-5-9-14)12-17(20)19(13)15-10-6-3-7-11-15/h12,14-15,18H,1-11H2. The van der Waals surface area contributed by atoms with Crippen LogP contribution in [0, 0.1) is 0 Å². The maximum Gasteiger partial charge on any atom is 0.253 e. The Bertz CT molecular complexity index is 415. The van der Waals surface area contributed by atoms with Gasteiger partial charge in [0.15, 0.2) is 0 Å². The lowest BCUT2D eigenvalue weighted by Crippen LogP contribution is -2.38. The van der Waals surface area contributed by atoms with Crippen LogP contribution in [0.15, 0.2) is 24.0 Å². The molecule has 0 radical (unpaired) electrons. The Morgan fingerprint density at radius 1 is 1.00 bits per heavy atom. The second-order valence-corrected chi connectivity index (χ2v) is 6.48. The van der Waals surface area contributed by atoms with Crippen molar-refractivity contribution in [1.82, 2.24) is 10.2 Å². The van der Waals surface area contributed by atoms with Crippen molar-refractivity contribution < 1.29 is 4.79 Å². The van der Waals surface area contributed by atoms with Crippen molar-refractivity contribution >= 4 is 5.91 Å². The summed E-state index contributed by atoms with van der Waals surface area (Å²) in [7, 11) is 0. The molecule has 3 nitrogen and oxygen atoms in total. The molecule has 1 amide bonds. The van der Waals surface area contributed by atoms with Crippen LogP contribution >= 0.6 is 0 Å². The molecule has 2 fully saturated rings. The van der Waals surface area contributed by atoms with Crippen molar-refractivity contribution in [1.29, 1.82) is 0 Å². The fourth-order valence-corrected chi connectivity index (χ4v) is 3.87. The summed E-state index contributed by atoms with van der Waals surface area (Å²) in [5.74, 6) is 0.139. The third-order valence-electron chi connectivity index (χ3n) is 5.01. The fourth-order valence-electron chi connectivity index (χ4n) is 3.87. The van der Waals surface area contributed by atoms with Crippen LogP contribution in [-0.4, -0.2) is 22.9 Å². The van der Waals surface area contributed by atoms with E-state index in [0.29, 0.717) is 12.1 Å². The van der Waals surface area contributed by atoms with Gasteiger partial charge in [0.25, 0.3) is 5.91 Å². The van der Waals surface area contributed by atoms with Gasteiger partial charge in [-0.1, -0.05) is 45.1 Å². The highest BCUT2D eigenvalue weighted by molar-refractivity contribution is 5.94. The van der Waals surface area contributed by atoms with Crippen molar-refractivity contribution in [3.05, 3.63) is 24.0 Å². The lowest BCUT2D eigenvalue weighted by Gasteiger charge is -2.33. The van der Waals surface area contributed by atoms with Gasteiger partial charge in [0.1, 0.15) is 0 Å². The number of hydrogen-bond acceptors (Lipinski definition) is 2. The first-order valence-corrected chi connectivity index (χ1v) is 8.26. The Labute approximate surface area is 122 Å². The maximum absolute atomic E-state index is 12.3. The molecule has 20 heavy (non-hydrogen) atoms. The first-order chi connectivity index (χ1) is 9.75. The quantitative estimate of drug-likeness (QED) is 0.854. The molecule has 3 heteroatoms. The summed E-state index contributed by atoms with van der Waals surface area (Å²) < 4.78 is 0. The Balaban J connectivity index is 1.63. The molecule has 0 saturated heterocycles. The molecule has 0 aromatic carbocycles. The van der Waals surface area contributed by atoms with E-state index in [9.17, 15) is 4.79 Å². The molecule has 1 heterocycles. The summed E-state index contributed by atoms with van der Waals surface area (Å²) in [5.41, 5.74) is 1.89. The summed E-state index contributed by atoms with van der Waals surface area (Å²) in [6.45, 7) is 4.18. The minimum absolute atomic E-state index is 0.139. The lowest BCUT2D eigenvalue weighted by molar-refractivity contribution is -0.125. The molecule has 0 atom stereocenters. The van der Waals surface area contributed by atoms with Crippen LogP contribution in [0.25, 0.3) is 0 Å². The molecule has 0 bridgehead atoms. The average molecular weight is 274 g/mol. The summed E-state index contributed by atoms with van der Waals surface area (Å²) >= 11 is 0. The van der Waals surface area contributed by atoms with Crippen LogP contribution in [0.3, 0.4) is 0 Å². The first kappa shape index (κ1) is 13.7. The van der Waals surface area contributed by atoms with E-state index in [0.717, 1.165) is 24.2 Å². The molecule has 110 valence electrons. The molecule has 1 aliphatic heterocycles. The molecular weight excluding hydrogens is 248 g/mol. The van der Waals surface area contributed by atoms with E-state index in [1.165, 1.54) is 51.4 Å². The largest absolute Gasteiger partial charge is 0.380 e. The molecule has 1 N–H and O–H groups in total. The highest BCUT2D eigenvalue weighted by Gasteiger charge is 2.33.